The molecule has 2 fully saturated rings. The first-order valence-electron chi connectivity index (χ1n) is 8.83. The zero-order valence-corrected chi connectivity index (χ0v) is 15.4. The third-order valence-electron chi connectivity index (χ3n) is 5.13. The molecule has 1 saturated heterocycles. The highest BCUT2D eigenvalue weighted by Crippen LogP contribution is 2.33. The van der Waals surface area contributed by atoms with E-state index < -0.39 is 0 Å². The second-order valence-electron chi connectivity index (χ2n) is 6.94. The summed E-state index contributed by atoms with van der Waals surface area (Å²) in [6.07, 6.45) is 4.54. The molecule has 0 unspecified atom stereocenters. The smallest absolute Gasteiger partial charge is 0.253 e. The molecule has 0 radical (unpaired) electrons. The molecule has 1 aromatic carbocycles. The summed E-state index contributed by atoms with van der Waals surface area (Å²) in [5.74, 6) is 2.81. The monoisotopic (exact) mass is 348 g/mol. The fourth-order valence-electron chi connectivity index (χ4n) is 3.54. The molecular formula is C18H28N4OS. The molecule has 5 nitrogen and oxygen atoms in total. The molecule has 3 rings (SSSR count). The molecule has 1 aliphatic carbocycles. The van der Waals surface area contributed by atoms with Crippen molar-refractivity contribution in [2.75, 3.05) is 41.2 Å². The van der Waals surface area contributed by atoms with Gasteiger partial charge in [-0.25, -0.2) is 0 Å². The van der Waals surface area contributed by atoms with Gasteiger partial charge in [0.15, 0.2) is 0 Å². The second kappa shape index (κ2) is 7.55. The molecule has 0 atom stereocenters. The zero-order chi connectivity index (χ0) is 17.1. The van der Waals surface area contributed by atoms with Crippen LogP contribution in [0.1, 0.15) is 43.0 Å². The highest BCUT2D eigenvalue weighted by molar-refractivity contribution is 7.99. The van der Waals surface area contributed by atoms with Gasteiger partial charge in [-0.1, -0.05) is 6.92 Å². The molecule has 0 aromatic heterocycles. The van der Waals surface area contributed by atoms with Crippen LogP contribution in [-0.2, 0) is 0 Å². The Morgan fingerprint density at radius 2 is 2.04 bits per heavy atom. The van der Waals surface area contributed by atoms with Crippen molar-refractivity contribution in [1.82, 2.24) is 5.32 Å². The van der Waals surface area contributed by atoms with Crippen molar-refractivity contribution in [1.29, 1.82) is 0 Å². The molecule has 2 aliphatic rings. The number of carbonyl (C=O) groups is 1. The Balaban J connectivity index is 1.82. The Labute approximate surface area is 148 Å². The highest BCUT2D eigenvalue weighted by atomic mass is 32.2. The molecule has 1 amide bonds. The number of nitrogens with one attached hydrogen (secondary N) is 2. The number of anilines is 3. The van der Waals surface area contributed by atoms with Crippen molar-refractivity contribution in [3.8, 4) is 0 Å². The Hall–Kier alpha value is -1.56. The van der Waals surface area contributed by atoms with Gasteiger partial charge in [-0.05, 0) is 43.7 Å². The lowest BCUT2D eigenvalue weighted by Crippen LogP contribution is -2.38. The number of rotatable bonds is 4. The van der Waals surface area contributed by atoms with E-state index in [1.807, 2.05) is 30.9 Å². The maximum Gasteiger partial charge on any atom is 0.253 e. The number of hydrogen-bond acceptors (Lipinski definition) is 5. The number of nitrogen functional groups attached to an aromatic ring is 1. The Kier molecular flexibility index (Phi) is 5.43. The predicted octanol–water partition coefficient (Wildman–Crippen LogP) is 3.13. The van der Waals surface area contributed by atoms with Crippen LogP contribution in [0.25, 0.3) is 0 Å². The van der Waals surface area contributed by atoms with Gasteiger partial charge in [0.05, 0.1) is 28.5 Å². The van der Waals surface area contributed by atoms with Crippen molar-refractivity contribution >= 4 is 34.7 Å². The van der Waals surface area contributed by atoms with Gasteiger partial charge < -0.3 is 21.3 Å². The maximum absolute atomic E-state index is 12.9. The first kappa shape index (κ1) is 17.3. The van der Waals surface area contributed by atoms with Crippen molar-refractivity contribution < 1.29 is 4.79 Å². The van der Waals surface area contributed by atoms with Crippen molar-refractivity contribution in [2.24, 2.45) is 5.92 Å². The molecule has 0 spiro atoms. The molecule has 6 heteroatoms. The minimum Gasteiger partial charge on any atom is -0.397 e. The molecule has 1 heterocycles. The molecule has 1 saturated carbocycles. The summed E-state index contributed by atoms with van der Waals surface area (Å²) in [5.41, 5.74) is 9.31. The number of hydrogen-bond donors (Lipinski definition) is 3. The highest BCUT2D eigenvalue weighted by Gasteiger charge is 2.25. The van der Waals surface area contributed by atoms with E-state index in [0.717, 1.165) is 48.3 Å². The number of thioether (sulfide) groups is 1. The van der Waals surface area contributed by atoms with Gasteiger partial charge in [0, 0.05) is 25.4 Å². The van der Waals surface area contributed by atoms with Crippen LogP contribution in [0.4, 0.5) is 17.1 Å². The molecule has 0 bridgehead atoms. The third kappa shape index (κ3) is 3.74. The average Bonchev–Trinajstić information content (AvgIpc) is 3.11. The molecule has 4 N–H and O–H groups in total. The molecular weight excluding hydrogens is 320 g/mol. The van der Waals surface area contributed by atoms with Gasteiger partial charge in [-0.3, -0.25) is 4.79 Å². The van der Waals surface area contributed by atoms with E-state index in [1.165, 1.54) is 12.8 Å². The largest absolute Gasteiger partial charge is 0.397 e. The maximum atomic E-state index is 12.9. The van der Waals surface area contributed by atoms with Crippen LogP contribution in [0.5, 0.6) is 0 Å². The Morgan fingerprint density at radius 3 is 2.67 bits per heavy atom. The first-order valence-corrected chi connectivity index (χ1v) is 9.98. The molecule has 1 aliphatic heterocycles. The molecule has 24 heavy (non-hydrogen) atoms. The summed E-state index contributed by atoms with van der Waals surface area (Å²) in [7, 11) is 1.86. The summed E-state index contributed by atoms with van der Waals surface area (Å²) in [4.78, 5) is 15.2. The van der Waals surface area contributed by atoms with Gasteiger partial charge in [-0.15, -0.1) is 11.8 Å². The fraction of sp³-hybridized carbons (Fsp3) is 0.611. The summed E-state index contributed by atoms with van der Waals surface area (Å²) in [6, 6.07) is 4.13. The predicted molar refractivity (Wildman–Crippen MR) is 104 cm³/mol. The fourth-order valence-corrected chi connectivity index (χ4v) is 4.50. The standard InChI is InChI=1S/C18H28N4OS/c1-12-3-5-13(6-4-12)21-18(23)14-9-15(19)16(20-2)10-17(14)22-7-8-24-11-22/h9-10,12-13,20H,3-8,11,19H2,1-2H3,(H,21,23). The van der Waals surface area contributed by atoms with E-state index in [1.54, 1.807) is 0 Å². The summed E-state index contributed by atoms with van der Waals surface area (Å²) >= 11 is 1.89. The zero-order valence-electron chi connectivity index (χ0n) is 14.6. The SMILES string of the molecule is CNc1cc(N2CCSC2)c(C(=O)NC2CCC(C)CC2)cc1N. The van der Waals surface area contributed by atoms with E-state index in [2.05, 4.69) is 22.5 Å². The van der Waals surface area contributed by atoms with E-state index in [0.29, 0.717) is 17.3 Å². The quantitative estimate of drug-likeness (QED) is 0.729. The normalized spacial score (nSPS) is 24.0. The second-order valence-corrected chi connectivity index (χ2v) is 8.01. The first-order chi connectivity index (χ1) is 11.6. The topological polar surface area (TPSA) is 70.4 Å². The van der Waals surface area contributed by atoms with Crippen molar-refractivity contribution in [3.63, 3.8) is 0 Å². The van der Waals surface area contributed by atoms with Crippen LogP contribution in [0.15, 0.2) is 12.1 Å². The van der Waals surface area contributed by atoms with Crippen LogP contribution in [-0.4, -0.2) is 37.2 Å². The lowest BCUT2D eigenvalue weighted by Gasteiger charge is -2.28. The van der Waals surface area contributed by atoms with Gasteiger partial charge >= 0.3 is 0 Å². The van der Waals surface area contributed by atoms with E-state index in [-0.39, 0.29) is 5.91 Å². The van der Waals surface area contributed by atoms with Gasteiger partial charge in [0.1, 0.15) is 0 Å². The van der Waals surface area contributed by atoms with Gasteiger partial charge in [-0.2, -0.15) is 0 Å². The van der Waals surface area contributed by atoms with Crippen LogP contribution in [0, 0.1) is 5.92 Å². The van der Waals surface area contributed by atoms with Gasteiger partial charge in [0.25, 0.3) is 5.91 Å². The van der Waals surface area contributed by atoms with Crippen LogP contribution in [0.3, 0.4) is 0 Å². The number of carbonyl (C=O) groups excluding carboxylic acids is 1. The number of nitrogens with two attached hydrogens (primary N) is 1. The minimum absolute atomic E-state index is 0.0100. The summed E-state index contributed by atoms with van der Waals surface area (Å²) in [6.45, 7) is 3.26. The minimum atomic E-state index is 0.0100. The van der Waals surface area contributed by atoms with Gasteiger partial charge in [0.2, 0.25) is 0 Å². The average molecular weight is 349 g/mol. The van der Waals surface area contributed by atoms with Crippen LogP contribution < -0.4 is 21.3 Å². The summed E-state index contributed by atoms with van der Waals surface area (Å²) in [5, 5.41) is 6.36. The Bertz CT molecular complexity index is 593. The summed E-state index contributed by atoms with van der Waals surface area (Å²) < 4.78 is 0. The Morgan fingerprint density at radius 1 is 1.29 bits per heavy atom. The number of benzene rings is 1. The van der Waals surface area contributed by atoms with E-state index >= 15 is 0 Å². The molecule has 132 valence electrons. The van der Waals surface area contributed by atoms with Crippen molar-refractivity contribution in [2.45, 2.75) is 38.6 Å². The number of nitrogens with zero attached hydrogens (tertiary/aromatic N) is 1. The van der Waals surface area contributed by atoms with E-state index in [4.69, 9.17) is 5.73 Å². The van der Waals surface area contributed by atoms with E-state index in [9.17, 15) is 4.79 Å². The number of amides is 1. The third-order valence-corrected chi connectivity index (χ3v) is 6.09. The van der Waals surface area contributed by atoms with Crippen molar-refractivity contribution in [3.05, 3.63) is 17.7 Å². The lowest BCUT2D eigenvalue weighted by molar-refractivity contribution is 0.0923. The van der Waals surface area contributed by atoms with Crippen LogP contribution in [0.2, 0.25) is 0 Å². The lowest BCUT2D eigenvalue weighted by atomic mass is 9.87. The van der Waals surface area contributed by atoms with Crippen LogP contribution >= 0.6 is 11.8 Å². The molecule has 1 aromatic rings.